The summed E-state index contributed by atoms with van der Waals surface area (Å²) in [6.45, 7) is 14.8. The summed E-state index contributed by atoms with van der Waals surface area (Å²) in [5.74, 6) is 0.0230. The Bertz CT molecular complexity index is 1700. The summed E-state index contributed by atoms with van der Waals surface area (Å²) >= 11 is 0. The number of piperazine rings is 1. The van der Waals surface area contributed by atoms with Crippen LogP contribution in [-0.4, -0.2) is 81.6 Å². The van der Waals surface area contributed by atoms with Crippen LogP contribution in [0.3, 0.4) is 0 Å². The number of hydrogen-bond acceptors (Lipinski definition) is 6. The molecule has 1 amide bonds. The predicted molar refractivity (Wildman–Crippen MR) is 163 cm³/mol. The van der Waals surface area contributed by atoms with Crippen molar-refractivity contribution in [2.75, 3.05) is 45.9 Å². The first-order valence-electron chi connectivity index (χ1n) is 15.0. The molecule has 1 N–H and O–H groups in total. The maximum absolute atomic E-state index is 13.4. The van der Waals surface area contributed by atoms with Gasteiger partial charge in [-0.25, -0.2) is 0 Å². The zero-order valence-electron chi connectivity index (χ0n) is 24.6. The monoisotopic (exact) mass is 553 g/mol. The number of likely N-dealkylation sites (N-methyl/N-ethyl adjacent to an activating group) is 1. The Morgan fingerprint density at radius 1 is 1.05 bits per heavy atom. The third kappa shape index (κ3) is 4.25. The molecule has 4 aromatic rings. The van der Waals surface area contributed by atoms with Gasteiger partial charge in [-0.05, 0) is 62.1 Å². The van der Waals surface area contributed by atoms with Crippen LogP contribution < -0.4 is 5.32 Å². The van der Waals surface area contributed by atoms with Gasteiger partial charge in [-0.2, -0.15) is 5.10 Å². The second-order valence-electron chi connectivity index (χ2n) is 11.5. The molecule has 9 heteroatoms. The van der Waals surface area contributed by atoms with Crippen LogP contribution in [0.2, 0.25) is 0 Å². The van der Waals surface area contributed by atoms with Crippen LogP contribution >= 0.6 is 0 Å². The molecule has 0 atom stereocenters. The lowest BCUT2D eigenvalue weighted by molar-refractivity contribution is 0.0966. The van der Waals surface area contributed by atoms with Crippen molar-refractivity contribution in [2.24, 2.45) is 12.2 Å². The van der Waals surface area contributed by atoms with Crippen molar-refractivity contribution < 1.29 is 9.63 Å². The van der Waals surface area contributed by atoms with E-state index in [0.717, 1.165) is 97.9 Å². The van der Waals surface area contributed by atoms with Crippen LogP contribution in [0.15, 0.2) is 29.6 Å². The third-order valence-electron chi connectivity index (χ3n) is 9.24. The summed E-state index contributed by atoms with van der Waals surface area (Å²) in [7, 11) is 1.97. The number of aromatic nitrogens is 3. The summed E-state index contributed by atoms with van der Waals surface area (Å²) in [4.78, 5) is 23.9. The number of rotatable bonds is 7. The van der Waals surface area contributed by atoms with Gasteiger partial charge in [-0.15, -0.1) is 0 Å². The van der Waals surface area contributed by atoms with Crippen molar-refractivity contribution in [1.82, 2.24) is 29.5 Å². The Hall–Kier alpha value is -3.69. The molecule has 2 aromatic heterocycles. The SMILES string of the molecule is CCO/N=C(\C)c1ccc2c(c1)c1c3c(c4c(c1n2CCN1CCN(CC)CC1)CCc1nn(C)cc1-4)C(=O)NC3. The Kier molecular flexibility index (Phi) is 6.59. The average Bonchev–Trinajstić information content (AvgIpc) is 3.67. The van der Waals surface area contributed by atoms with E-state index in [0.29, 0.717) is 13.2 Å². The van der Waals surface area contributed by atoms with Gasteiger partial charge in [0.05, 0.1) is 22.5 Å². The molecule has 7 rings (SSSR count). The second-order valence-corrected chi connectivity index (χ2v) is 11.5. The first kappa shape index (κ1) is 26.2. The molecule has 2 aliphatic heterocycles. The summed E-state index contributed by atoms with van der Waals surface area (Å²) < 4.78 is 4.43. The van der Waals surface area contributed by atoms with Crippen LogP contribution in [0.4, 0.5) is 0 Å². The maximum Gasteiger partial charge on any atom is 0.252 e. The zero-order chi connectivity index (χ0) is 28.2. The molecule has 0 saturated carbocycles. The lowest BCUT2D eigenvalue weighted by Gasteiger charge is -2.34. The van der Waals surface area contributed by atoms with E-state index >= 15 is 0 Å². The highest BCUT2D eigenvalue weighted by atomic mass is 16.6. The number of nitrogens with zero attached hydrogens (tertiary/aromatic N) is 6. The molecular weight excluding hydrogens is 514 g/mol. The number of nitrogens with one attached hydrogen (secondary N) is 1. The van der Waals surface area contributed by atoms with E-state index in [9.17, 15) is 4.79 Å². The molecule has 0 bridgehead atoms. The van der Waals surface area contributed by atoms with E-state index in [1.54, 1.807) is 0 Å². The van der Waals surface area contributed by atoms with Gasteiger partial charge >= 0.3 is 0 Å². The topological polar surface area (TPSA) is 79.9 Å². The van der Waals surface area contributed by atoms with Gasteiger partial charge in [0, 0.05) is 86.5 Å². The number of amides is 1. The molecule has 0 unspecified atom stereocenters. The molecule has 214 valence electrons. The minimum absolute atomic E-state index is 0.0230. The van der Waals surface area contributed by atoms with Crippen molar-refractivity contribution in [1.29, 1.82) is 0 Å². The van der Waals surface area contributed by atoms with E-state index in [-0.39, 0.29) is 5.91 Å². The van der Waals surface area contributed by atoms with Gasteiger partial charge in [0.15, 0.2) is 0 Å². The lowest BCUT2D eigenvalue weighted by Crippen LogP contribution is -2.46. The fourth-order valence-corrected chi connectivity index (χ4v) is 7.16. The number of aryl methyl sites for hydroxylation is 3. The van der Waals surface area contributed by atoms with E-state index in [1.807, 2.05) is 25.6 Å². The van der Waals surface area contributed by atoms with Crippen molar-refractivity contribution in [3.05, 3.63) is 52.3 Å². The third-order valence-corrected chi connectivity index (χ3v) is 9.24. The van der Waals surface area contributed by atoms with Gasteiger partial charge in [-0.1, -0.05) is 18.1 Å². The minimum atomic E-state index is 0.0230. The normalized spacial score (nSPS) is 17.7. The Balaban J connectivity index is 1.45. The fraction of sp³-hybridized carbons (Fsp3) is 0.469. The molecule has 4 heterocycles. The highest BCUT2D eigenvalue weighted by Gasteiger charge is 2.35. The molecule has 1 saturated heterocycles. The van der Waals surface area contributed by atoms with Gasteiger partial charge < -0.3 is 19.6 Å². The molecule has 41 heavy (non-hydrogen) atoms. The molecule has 1 fully saturated rings. The highest BCUT2D eigenvalue weighted by Crippen LogP contribution is 2.46. The average molecular weight is 554 g/mol. The molecule has 2 aromatic carbocycles. The first-order valence-corrected chi connectivity index (χ1v) is 15.0. The molecule has 0 spiro atoms. The van der Waals surface area contributed by atoms with Crippen LogP contribution in [0.25, 0.3) is 32.9 Å². The predicted octanol–water partition coefficient (Wildman–Crippen LogP) is 3.94. The van der Waals surface area contributed by atoms with Crippen LogP contribution in [0.5, 0.6) is 0 Å². The Morgan fingerprint density at radius 2 is 1.85 bits per heavy atom. The number of hydrogen-bond donors (Lipinski definition) is 1. The highest BCUT2D eigenvalue weighted by molar-refractivity contribution is 6.20. The van der Waals surface area contributed by atoms with Gasteiger partial charge in [0.2, 0.25) is 0 Å². The molecule has 1 aliphatic carbocycles. The molecule has 3 aliphatic rings. The molecule has 0 radical (unpaired) electrons. The van der Waals surface area contributed by atoms with Crippen LogP contribution in [0, 0.1) is 0 Å². The number of carbonyl (C=O) groups is 1. The first-order chi connectivity index (χ1) is 20.0. The number of carbonyl (C=O) groups excluding carboxylic acids is 1. The zero-order valence-corrected chi connectivity index (χ0v) is 24.6. The number of fused-ring (bicyclic) bond motifs is 10. The van der Waals surface area contributed by atoms with Gasteiger partial charge in [-0.3, -0.25) is 14.4 Å². The van der Waals surface area contributed by atoms with Crippen molar-refractivity contribution in [3.63, 3.8) is 0 Å². The fourth-order valence-electron chi connectivity index (χ4n) is 7.16. The van der Waals surface area contributed by atoms with E-state index in [1.165, 1.54) is 27.4 Å². The Morgan fingerprint density at radius 3 is 2.63 bits per heavy atom. The standard InChI is InChI=1S/C32H39N7O2/c1-5-37-11-13-38(14-12-37)15-16-39-27-10-7-21(20(3)35-41-6-2)17-23(27)29-24-18-33-32(40)30(24)28-22(31(29)39)8-9-26-25(28)19-36(4)34-26/h7,10,17,19H,5-6,8-9,11-16,18H2,1-4H3,(H,33,40)/b35-20+. The number of benzene rings is 2. The number of oxime groups is 1. The smallest absolute Gasteiger partial charge is 0.252 e. The van der Waals surface area contributed by atoms with E-state index < -0.39 is 0 Å². The quantitative estimate of drug-likeness (QED) is 0.277. The largest absolute Gasteiger partial charge is 0.396 e. The second kappa shape index (κ2) is 10.3. The van der Waals surface area contributed by atoms with Crippen molar-refractivity contribution in [2.45, 2.75) is 46.7 Å². The summed E-state index contributed by atoms with van der Waals surface area (Å²) in [6, 6.07) is 6.65. The minimum Gasteiger partial charge on any atom is -0.396 e. The van der Waals surface area contributed by atoms with Crippen molar-refractivity contribution in [3.8, 4) is 11.1 Å². The Labute approximate surface area is 240 Å². The summed E-state index contributed by atoms with van der Waals surface area (Å²) in [5, 5.41) is 14.6. The molecular formula is C32H39N7O2. The van der Waals surface area contributed by atoms with E-state index in [4.69, 9.17) is 9.94 Å². The van der Waals surface area contributed by atoms with Crippen LogP contribution in [0.1, 0.15) is 53.5 Å². The lowest BCUT2D eigenvalue weighted by atomic mass is 9.82. The molecule has 9 nitrogen and oxygen atoms in total. The van der Waals surface area contributed by atoms with Gasteiger partial charge in [0.1, 0.15) is 6.61 Å². The van der Waals surface area contributed by atoms with Gasteiger partial charge in [0.25, 0.3) is 5.91 Å². The summed E-state index contributed by atoms with van der Waals surface area (Å²) in [5.41, 5.74) is 10.9. The van der Waals surface area contributed by atoms with Crippen LogP contribution in [-0.2, 0) is 37.8 Å². The van der Waals surface area contributed by atoms with Crippen molar-refractivity contribution >= 4 is 33.4 Å². The maximum atomic E-state index is 13.4. The summed E-state index contributed by atoms with van der Waals surface area (Å²) in [6.07, 6.45) is 3.85. The van der Waals surface area contributed by atoms with E-state index in [2.05, 4.69) is 56.2 Å².